The zero-order valence-corrected chi connectivity index (χ0v) is 13.1. The van der Waals surface area contributed by atoms with E-state index >= 15 is 0 Å². The molecule has 2 aromatic rings. The van der Waals surface area contributed by atoms with Gasteiger partial charge in [-0.05, 0) is 65.6 Å². The number of rotatable bonds is 4. The fourth-order valence-corrected chi connectivity index (χ4v) is 3.23. The molecule has 22 heavy (non-hydrogen) atoms. The lowest BCUT2D eigenvalue weighted by Gasteiger charge is -2.31. The van der Waals surface area contributed by atoms with Crippen molar-refractivity contribution in [1.82, 2.24) is 0 Å². The number of piperidine rings is 1. The first-order chi connectivity index (χ1) is 10.7. The van der Waals surface area contributed by atoms with Crippen LogP contribution in [0.15, 0.2) is 47.2 Å². The lowest BCUT2D eigenvalue weighted by Crippen LogP contribution is -2.35. The van der Waals surface area contributed by atoms with Crippen LogP contribution in [0.1, 0.15) is 28.8 Å². The summed E-state index contributed by atoms with van der Waals surface area (Å²) in [5.74, 6) is 0.0202. The predicted molar refractivity (Wildman–Crippen MR) is 91.6 cm³/mol. The molecule has 1 aromatic heterocycles. The summed E-state index contributed by atoms with van der Waals surface area (Å²) in [6.45, 7) is 1.74. The highest BCUT2D eigenvalue weighted by Crippen LogP contribution is 2.21. The van der Waals surface area contributed by atoms with E-state index in [4.69, 9.17) is 0 Å². The molecule has 1 fully saturated rings. The second-order valence-corrected chi connectivity index (χ2v) is 6.30. The van der Waals surface area contributed by atoms with Crippen molar-refractivity contribution < 1.29 is 9.90 Å². The number of aliphatic hydroxyl groups is 1. The molecule has 3 rings (SSSR count). The maximum absolute atomic E-state index is 12.1. The number of carbonyl (C=O) groups is 1. The quantitative estimate of drug-likeness (QED) is 0.692. The Morgan fingerprint density at radius 1 is 1.18 bits per heavy atom. The molecule has 2 heterocycles. The zero-order valence-electron chi connectivity index (χ0n) is 12.3. The Kier molecular flexibility index (Phi) is 4.71. The Labute approximate surface area is 134 Å². The topological polar surface area (TPSA) is 40.5 Å². The number of nitrogens with zero attached hydrogens (tertiary/aromatic N) is 1. The summed E-state index contributed by atoms with van der Waals surface area (Å²) in [6.07, 6.45) is 4.92. The van der Waals surface area contributed by atoms with E-state index in [0.29, 0.717) is 5.56 Å². The van der Waals surface area contributed by atoms with Gasteiger partial charge in [0, 0.05) is 24.3 Å². The minimum atomic E-state index is -0.167. The third kappa shape index (κ3) is 3.64. The van der Waals surface area contributed by atoms with Crippen molar-refractivity contribution in [1.29, 1.82) is 0 Å². The summed E-state index contributed by atoms with van der Waals surface area (Å²) in [6, 6.07) is 9.72. The van der Waals surface area contributed by atoms with E-state index in [-0.39, 0.29) is 11.9 Å². The van der Waals surface area contributed by atoms with Crippen LogP contribution in [0, 0.1) is 0 Å². The molecule has 4 heteroatoms. The van der Waals surface area contributed by atoms with Crippen LogP contribution >= 0.6 is 11.3 Å². The highest BCUT2D eigenvalue weighted by molar-refractivity contribution is 7.08. The van der Waals surface area contributed by atoms with E-state index in [1.807, 2.05) is 47.2 Å². The number of anilines is 1. The molecule has 0 saturated carbocycles. The molecule has 1 aromatic carbocycles. The summed E-state index contributed by atoms with van der Waals surface area (Å²) in [4.78, 5) is 14.4. The normalized spacial score (nSPS) is 16.3. The molecule has 0 spiro atoms. The first kappa shape index (κ1) is 15.0. The van der Waals surface area contributed by atoms with Gasteiger partial charge in [-0.15, -0.1) is 0 Å². The van der Waals surface area contributed by atoms with Crippen molar-refractivity contribution in [2.24, 2.45) is 0 Å². The Bertz CT molecular complexity index is 638. The number of ketones is 1. The molecule has 3 nitrogen and oxygen atoms in total. The van der Waals surface area contributed by atoms with Gasteiger partial charge in [0.15, 0.2) is 5.78 Å². The number of hydrogen-bond acceptors (Lipinski definition) is 4. The number of benzene rings is 1. The monoisotopic (exact) mass is 313 g/mol. The summed E-state index contributed by atoms with van der Waals surface area (Å²) in [5.41, 5.74) is 2.87. The molecular weight excluding hydrogens is 294 g/mol. The summed E-state index contributed by atoms with van der Waals surface area (Å²) in [5, 5.41) is 13.6. The van der Waals surface area contributed by atoms with E-state index in [1.165, 1.54) is 0 Å². The van der Waals surface area contributed by atoms with Gasteiger partial charge in [-0.1, -0.05) is 6.08 Å². The highest BCUT2D eigenvalue weighted by atomic mass is 32.1. The average molecular weight is 313 g/mol. The maximum atomic E-state index is 12.1. The lowest BCUT2D eigenvalue weighted by molar-refractivity contribution is 0.104. The first-order valence-electron chi connectivity index (χ1n) is 7.50. The first-order valence-corrected chi connectivity index (χ1v) is 8.44. The highest BCUT2D eigenvalue weighted by Gasteiger charge is 2.17. The largest absolute Gasteiger partial charge is 0.393 e. The molecule has 114 valence electrons. The van der Waals surface area contributed by atoms with Crippen molar-refractivity contribution in [3.63, 3.8) is 0 Å². The van der Waals surface area contributed by atoms with Crippen LogP contribution in [-0.4, -0.2) is 30.1 Å². The van der Waals surface area contributed by atoms with Crippen LogP contribution in [-0.2, 0) is 0 Å². The molecule has 0 bridgehead atoms. The van der Waals surface area contributed by atoms with Crippen molar-refractivity contribution in [2.75, 3.05) is 18.0 Å². The van der Waals surface area contributed by atoms with E-state index in [2.05, 4.69) is 4.90 Å². The summed E-state index contributed by atoms with van der Waals surface area (Å²) < 4.78 is 0. The van der Waals surface area contributed by atoms with Gasteiger partial charge in [-0.25, -0.2) is 0 Å². The number of hydrogen-bond donors (Lipinski definition) is 1. The van der Waals surface area contributed by atoms with Crippen molar-refractivity contribution in [2.45, 2.75) is 18.9 Å². The molecule has 0 unspecified atom stereocenters. The van der Waals surface area contributed by atoms with Gasteiger partial charge < -0.3 is 10.0 Å². The lowest BCUT2D eigenvalue weighted by atomic mass is 10.1. The van der Waals surface area contributed by atoms with Crippen LogP contribution in [0.3, 0.4) is 0 Å². The molecule has 0 aliphatic carbocycles. The fraction of sp³-hybridized carbons (Fsp3) is 0.278. The predicted octanol–water partition coefficient (Wildman–Crippen LogP) is 3.61. The number of thiophene rings is 1. The minimum absolute atomic E-state index is 0.0202. The maximum Gasteiger partial charge on any atom is 0.185 e. The smallest absolute Gasteiger partial charge is 0.185 e. The van der Waals surface area contributed by atoms with E-state index in [9.17, 15) is 9.90 Å². The van der Waals surface area contributed by atoms with E-state index < -0.39 is 0 Å². The molecule has 1 N–H and O–H groups in total. The van der Waals surface area contributed by atoms with Gasteiger partial charge >= 0.3 is 0 Å². The molecule has 0 atom stereocenters. The van der Waals surface area contributed by atoms with Crippen molar-refractivity contribution in [3.05, 3.63) is 58.3 Å². The van der Waals surface area contributed by atoms with E-state index in [0.717, 1.165) is 37.2 Å². The number of carbonyl (C=O) groups excluding carboxylic acids is 1. The van der Waals surface area contributed by atoms with Crippen LogP contribution in [0.2, 0.25) is 0 Å². The van der Waals surface area contributed by atoms with Gasteiger partial charge in [0.05, 0.1) is 6.10 Å². The van der Waals surface area contributed by atoms with Gasteiger partial charge in [-0.2, -0.15) is 11.3 Å². The molecule has 0 amide bonds. The van der Waals surface area contributed by atoms with Crippen LogP contribution in [0.25, 0.3) is 6.08 Å². The summed E-state index contributed by atoms with van der Waals surface area (Å²) >= 11 is 1.62. The molecule has 1 aliphatic rings. The fourth-order valence-electron chi connectivity index (χ4n) is 2.60. The minimum Gasteiger partial charge on any atom is -0.393 e. The second-order valence-electron chi connectivity index (χ2n) is 5.52. The van der Waals surface area contributed by atoms with Gasteiger partial charge in [-0.3, -0.25) is 4.79 Å². The molecule has 0 radical (unpaired) electrons. The Morgan fingerprint density at radius 2 is 1.91 bits per heavy atom. The van der Waals surface area contributed by atoms with E-state index in [1.54, 1.807) is 17.4 Å². The van der Waals surface area contributed by atoms with Crippen molar-refractivity contribution in [3.8, 4) is 0 Å². The van der Waals surface area contributed by atoms with Crippen molar-refractivity contribution >= 4 is 28.9 Å². The van der Waals surface area contributed by atoms with Crippen LogP contribution < -0.4 is 4.90 Å². The Morgan fingerprint density at radius 3 is 2.55 bits per heavy atom. The standard InChI is InChI=1S/C18H19NO2S/c20-17-7-10-19(11-8-17)16-4-2-15(3-5-16)18(21)6-1-14-9-12-22-13-14/h1-6,9,12-13,17,20H,7-8,10-11H2/b6-1+. The third-order valence-electron chi connectivity index (χ3n) is 3.95. The van der Waals surface area contributed by atoms with Crippen LogP contribution in [0.5, 0.6) is 0 Å². The van der Waals surface area contributed by atoms with Gasteiger partial charge in [0.25, 0.3) is 0 Å². The summed E-state index contributed by atoms with van der Waals surface area (Å²) in [7, 11) is 0. The van der Waals surface area contributed by atoms with Gasteiger partial charge in [0.2, 0.25) is 0 Å². The van der Waals surface area contributed by atoms with Gasteiger partial charge in [0.1, 0.15) is 0 Å². The molecule has 1 saturated heterocycles. The average Bonchev–Trinajstić information content (AvgIpc) is 3.07. The zero-order chi connectivity index (χ0) is 15.4. The Balaban J connectivity index is 1.65. The molecular formula is C18H19NO2S. The molecule has 1 aliphatic heterocycles. The Hall–Kier alpha value is -1.91. The number of aliphatic hydroxyl groups excluding tert-OH is 1. The SMILES string of the molecule is O=C(/C=C/c1ccsc1)c1ccc(N2CCC(O)CC2)cc1. The third-order valence-corrected chi connectivity index (χ3v) is 4.65. The number of allylic oxidation sites excluding steroid dienone is 1. The second kappa shape index (κ2) is 6.90. The van der Waals surface area contributed by atoms with Crippen LogP contribution in [0.4, 0.5) is 5.69 Å².